The van der Waals surface area contributed by atoms with Gasteiger partial charge in [-0.2, -0.15) is 5.10 Å². The van der Waals surface area contributed by atoms with Crippen LogP contribution in [-0.2, 0) is 18.3 Å². The number of carbonyl (C=O) groups excluding carboxylic acids is 1. The number of aromatic nitrogens is 5. The van der Waals surface area contributed by atoms with Crippen molar-refractivity contribution in [2.24, 2.45) is 13.0 Å². The zero-order valence-corrected chi connectivity index (χ0v) is 19.7. The minimum atomic E-state index is 0.0651. The van der Waals surface area contributed by atoms with Gasteiger partial charge < -0.3 is 10.2 Å². The molecule has 0 radical (unpaired) electrons. The van der Waals surface area contributed by atoms with E-state index in [1.54, 1.807) is 18.6 Å². The number of hydrogen-bond donors (Lipinski definition) is 1. The average Bonchev–Trinajstić information content (AvgIpc) is 3.05. The first kappa shape index (κ1) is 22.6. The Kier molecular flexibility index (Phi) is 6.82. The Morgan fingerprint density at radius 2 is 1.97 bits per heavy atom. The highest BCUT2D eigenvalue weighted by atomic mass is 16.2. The van der Waals surface area contributed by atoms with Gasteiger partial charge in [0, 0.05) is 55.4 Å². The molecule has 0 spiro atoms. The van der Waals surface area contributed by atoms with Crippen LogP contribution >= 0.6 is 0 Å². The molecule has 0 unspecified atom stereocenters. The SMILES string of the molecule is Cc1cccnc1Nc1cc(CC2CCN(C(=O)/C=C/c3c(C)nn(C)c3C)CC2)ncn1. The summed E-state index contributed by atoms with van der Waals surface area (Å²) in [6.07, 6.45) is 9.75. The second kappa shape index (κ2) is 9.94. The van der Waals surface area contributed by atoms with E-state index < -0.39 is 0 Å². The molecule has 1 aliphatic heterocycles. The molecule has 33 heavy (non-hydrogen) atoms. The minimum Gasteiger partial charge on any atom is -0.339 e. The number of carbonyl (C=O) groups is 1. The molecule has 8 nitrogen and oxygen atoms in total. The van der Waals surface area contributed by atoms with Crippen molar-refractivity contribution in [1.82, 2.24) is 29.6 Å². The molecular weight excluding hydrogens is 414 g/mol. The summed E-state index contributed by atoms with van der Waals surface area (Å²) in [6.45, 7) is 7.53. The van der Waals surface area contributed by atoms with Crippen molar-refractivity contribution in [1.29, 1.82) is 0 Å². The van der Waals surface area contributed by atoms with Gasteiger partial charge in [0.25, 0.3) is 0 Å². The predicted octanol–water partition coefficient (Wildman–Crippen LogP) is 3.77. The lowest BCUT2D eigenvalue weighted by Gasteiger charge is -2.31. The van der Waals surface area contributed by atoms with E-state index >= 15 is 0 Å². The van der Waals surface area contributed by atoms with Crippen LogP contribution in [0.15, 0.2) is 36.8 Å². The Morgan fingerprint density at radius 3 is 2.67 bits per heavy atom. The van der Waals surface area contributed by atoms with Crippen LogP contribution in [0.1, 0.15) is 41.1 Å². The molecule has 172 valence electrons. The standard InChI is InChI=1S/C25H31N7O/c1-17-6-5-11-26-25(17)29-23-15-21(27-16-28-23)14-20-9-12-32(13-10-20)24(33)8-7-22-18(2)30-31(4)19(22)3/h5-8,11,15-16,20H,9-10,12-14H2,1-4H3,(H,26,27,28,29)/b8-7+. The fourth-order valence-electron chi connectivity index (χ4n) is 4.26. The number of nitrogens with zero attached hydrogens (tertiary/aromatic N) is 6. The Labute approximate surface area is 194 Å². The van der Waals surface area contributed by atoms with Crippen LogP contribution in [0, 0.1) is 26.7 Å². The maximum Gasteiger partial charge on any atom is 0.246 e. The molecule has 3 aromatic heterocycles. The highest BCUT2D eigenvalue weighted by Gasteiger charge is 2.22. The summed E-state index contributed by atoms with van der Waals surface area (Å²) in [5.74, 6) is 2.12. The van der Waals surface area contributed by atoms with Crippen molar-refractivity contribution >= 4 is 23.6 Å². The highest BCUT2D eigenvalue weighted by Crippen LogP contribution is 2.23. The van der Waals surface area contributed by atoms with Gasteiger partial charge in [-0.1, -0.05) is 6.07 Å². The van der Waals surface area contributed by atoms with E-state index in [1.807, 2.05) is 61.7 Å². The molecule has 0 atom stereocenters. The predicted molar refractivity (Wildman–Crippen MR) is 129 cm³/mol. The minimum absolute atomic E-state index is 0.0651. The average molecular weight is 446 g/mol. The van der Waals surface area contributed by atoms with E-state index in [0.717, 1.165) is 72.2 Å². The monoisotopic (exact) mass is 445 g/mol. The molecule has 1 amide bonds. The number of rotatable bonds is 6. The molecule has 1 saturated heterocycles. The highest BCUT2D eigenvalue weighted by molar-refractivity contribution is 5.92. The van der Waals surface area contributed by atoms with Gasteiger partial charge in [-0.25, -0.2) is 15.0 Å². The summed E-state index contributed by atoms with van der Waals surface area (Å²) in [7, 11) is 1.92. The van der Waals surface area contributed by atoms with Gasteiger partial charge in [0.05, 0.1) is 5.69 Å². The molecule has 0 aliphatic carbocycles. The zero-order chi connectivity index (χ0) is 23.4. The molecule has 8 heteroatoms. The van der Waals surface area contributed by atoms with E-state index in [2.05, 4.69) is 25.4 Å². The summed E-state index contributed by atoms with van der Waals surface area (Å²) >= 11 is 0. The maximum atomic E-state index is 12.7. The van der Waals surface area contributed by atoms with Crippen LogP contribution in [0.2, 0.25) is 0 Å². The molecule has 4 heterocycles. The molecule has 1 fully saturated rings. The lowest BCUT2D eigenvalue weighted by molar-refractivity contribution is -0.127. The van der Waals surface area contributed by atoms with Gasteiger partial charge in [0.2, 0.25) is 5.91 Å². The number of hydrogen-bond acceptors (Lipinski definition) is 6. The van der Waals surface area contributed by atoms with Crippen LogP contribution in [0.5, 0.6) is 0 Å². The molecule has 0 aromatic carbocycles. The summed E-state index contributed by atoms with van der Waals surface area (Å²) in [5, 5.41) is 7.69. The lowest BCUT2D eigenvalue weighted by atomic mass is 9.92. The fraction of sp³-hybridized carbons (Fsp3) is 0.400. The molecule has 0 saturated carbocycles. The number of piperidine rings is 1. The van der Waals surface area contributed by atoms with Crippen LogP contribution in [0.25, 0.3) is 6.08 Å². The molecule has 1 aliphatic rings. The van der Waals surface area contributed by atoms with Gasteiger partial charge in [-0.05, 0) is 63.7 Å². The van der Waals surface area contributed by atoms with Crippen molar-refractivity contribution in [3.05, 3.63) is 65.0 Å². The summed E-state index contributed by atoms with van der Waals surface area (Å²) in [5.41, 5.74) is 5.10. The molecule has 3 aromatic rings. The first-order valence-corrected chi connectivity index (χ1v) is 11.4. The lowest BCUT2D eigenvalue weighted by Crippen LogP contribution is -2.38. The van der Waals surface area contributed by atoms with E-state index in [9.17, 15) is 4.79 Å². The van der Waals surface area contributed by atoms with Gasteiger partial charge in [-0.3, -0.25) is 9.48 Å². The largest absolute Gasteiger partial charge is 0.339 e. The van der Waals surface area contributed by atoms with Crippen molar-refractivity contribution in [3.63, 3.8) is 0 Å². The molecule has 1 N–H and O–H groups in total. The fourth-order valence-corrected chi connectivity index (χ4v) is 4.26. The summed E-state index contributed by atoms with van der Waals surface area (Å²) in [6, 6.07) is 5.92. The van der Waals surface area contributed by atoms with Gasteiger partial charge in [0.1, 0.15) is 18.0 Å². The van der Waals surface area contributed by atoms with Gasteiger partial charge in [-0.15, -0.1) is 0 Å². The first-order chi connectivity index (χ1) is 15.9. The second-order valence-electron chi connectivity index (χ2n) is 8.70. The molecule has 4 rings (SSSR count). The van der Waals surface area contributed by atoms with Crippen LogP contribution in [-0.4, -0.2) is 48.6 Å². The van der Waals surface area contributed by atoms with Crippen molar-refractivity contribution < 1.29 is 4.79 Å². The Balaban J connectivity index is 1.31. The van der Waals surface area contributed by atoms with Crippen LogP contribution in [0.4, 0.5) is 11.6 Å². The van der Waals surface area contributed by atoms with Gasteiger partial charge in [0.15, 0.2) is 0 Å². The second-order valence-corrected chi connectivity index (χ2v) is 8.70. The normalized spacial score (nSPS) is 14.7. The van der Waals surface area contributed by atoms with Gasteiger partial charge >= 0.3 is 0 Å². The Bertz CT molecular complexity index is 1160. The summed E-state index contributed by atoms with van der Waals surface area (Å²) < 4.78 is 1.84. The Morgan fingerprint density at radius 1 is 1.18 bits per heavy atom. The number of anilines is 2. The topological polar surface area (TPSA) is 88.8 Å². The number of aryl methyl sites for hydroxylation is 3. The third-order valence-electron chi connectivity index (χ3n) is 6.36. The third-order valence-corrected chi connectivity index (χ3v) is 6.36. The quantitative estimate of drug-likeness (QED) is 0.581. The van der Waals surface area contributed by atoms with E-state index in [-0.39, 0.29) is 5.91 Å². The zero-order valence-electron chi connectivity index (χ0n) is 19.7. The molecule has 0 bridgehead atoms. The third kappa shape index (κ3) is 5.45. The number of pyridine rings is 1. The van der Waals surface area contributed by atoms with E-state index in [4.69, 9.17) is 0 Å². The maximum absolute atomic E-state index is 12.7. The van der Waals surface area contributed by atoms with E-state index in [1.165, 1.54) is 0 Å². The summed E-state index contributed by atoms with van der Waals surface area (Å²) in [4.78, 5) is 27.8. The van der Waals surface area contributed by atoms with Crippen LogP contribution in [0.3, 0.4) is 0 Å². The molecular formula is C25H31N7O. The van der Waals surface area contributed by atoms with Crippen molar-refractivity contribution in [2.75, 3.05) is 18.4 Å². The number of likely N-dealkylation sites (tertiary alicyclic amines) is 1. The van der Waals surface area contributed by atoms with Crippen molar-refractivity contribution in [3.8, 4) is 0 Å². The van der Waals surface area contributed by atoms with E-state index in [0.29, 0.717) is 5.92 Å². The Hall–Kier alpha value is -3.55. The smallest absolute Gasteiger partial charge is 0.246 e. The van der Waals surface area contributed by atoms with Crippen molar-refractivity contribution in [2.45, 2.75) is 40.0 Å². The number of nitrogens with one attached hydrogen (secondary N) is 1. The van der Waals surface area contributed by atoms with Crippen LogP contribution < -0.4 is 5.32 Å². The number of amides is 1. The first-order valence-electron chi connectivity index (χ1n) is 11.4.